The second kappa shape index (κ2) is 7.27. The van der Waals surface area contributed by atoms with E-state index in [4.69, 9.17) is 0 Å². The van der Waals surface area contributed by atoms with Crippen molar-refractivity contribution in [1.29, 1.82) is 0 Å². The van der Waals surface area contributed by atoms with Crippen LogP contribution in [0.5, 0.6) is 0 Å². The third kappa shape index (κ3) is 3.41. The van der Waals surface area contributed by atoms with Gasteiger partial charge < -0.3 is 5.32 Å². The molecular formula is C21H19BrN2O3. The van der Waals surface area contributed by atoms with E-state index < -0.39 is 0 Å². The summed E-state index contributed by atoms with van der Waals surface area (Å²) in [6.07, 6.45) is 5.00. The van der Waals surface area contributed by atoms with Crippen LogP contribution in [0.25, 0.3) is 0 Å². The van der Waals surface area contributed by atoms with Crippen LogP contribution in [0.15, 0.2) is 46.9 Å². The number of carbonyl (C=O) groups is 3. The first kappa shape index (κ1) is 17.9. The first-order valence-corrected chi connectivity index (χ1v) is 9.93. The van der Waals surface area contributed by atoms with Gasteiger partial charge in [-0.15, -0.1) is 0 Å². The van der Waals surface area contributed by atoms with Crippen LogP contribution in [0, 0.1) is 0 Å². The lowest BCUT2D eigenvalue weighted by Crippen LogP contribution is -2.40. The van der Waals surface area contributed by atoms with Crippen LogP contribution in [0.3, 0.4) is 0 Å². The summed E-state index contributed by atoms with van der Waals surface area (Å²) in [5, 5.41) is 2.80. The Kier molecular flexibility index (Phi) is 4.83. The fourth-order valence-corrected chi connectivity index (χ4v) is 4.24. The van der Waals surface area contributed by atoms with Crippen LogP contribution in [0.1, 0.15) is 63.2 Å². The highest BCUT2D eigenvalue weighted by molar-refractivity contribution is 9.10. The van der Waals surface area contributed by atoms with Crippen molar-refractivity contribution in [3.63, 3.8) is 0 Å². The van der Waals surface area contributed by atoms with Crippen LogP contribution >= 0.6 is 15.9 Å². The van der Waals surface area contributed by atoms with Gasteiger partial charge in [-0.2, -0.15) is 0 Å². The highest BCUT2D eigenvalue weighted by Gasteiger charge is 2.40. The Balaban J connectivity index is 1.56. The van der Waals surface area contributed by atoms with E-state index in [0.29, 0.717) is 22.4 Å². The molecule has 1 fully saturated rings. The number of anilines is 1. The minimum absolute atomic E-state index is 0.00846. The molecule has 1 heterocycles. The zero-order chi connectivity index (χ0) is 19.0. The van der Waals surface area contributed by atoms with Gasteiger partial charge in [0.25, 0.3) is 17.7 Å². The number of fused-ring (bicyclic) bond motifs is 1. The Morgan fingerprint density at radius 1 is 0.963 bits per heavy atom. The zero-order valence-corrected chi connectivity index (χ0v) is 16.3. The molecule has 0 radical (unpaired) electrons. The molecule has 138 valence electrons. The maximum Gasteiger partial charge on any atom is 0.261 e. The first-order chi connectivity index (χ1) is 13.0. The number of hydrogen-bond acceptors (Lipinski definition) is 3. The Bertz CT molecular complexity index is 935. The molecule has 2 aromatic carbocycles. The van der Waals surface area contributed by atoms with Gasteiger partial charge in [0.1, 0.15) is 0 Å². The predicted octanol–water partition coefficient (Wildman–Crippen LogP) is 4.63. The third-order valence-corrected chi connectivity index (χ3v) is 5.70. The molecule has 6 heteroatoms. The summed E-state index contributed by atoms with van der Waals surface area (Å²) in [4.78, 5) is 39.4. The summed E-state index contributed by atoms with van der Waals surface area (Å²) in [5.74, 6) is -0.732. The van der Waals surface area contributed by atoms with Gasteiger partial charge in [0, 0.05) is 21.8 Å². The van der Waals surface area contributed by atoms with Crippen molar-refractivity contribution >= 4 is 39.3 Å². The largest absolute Gasteiger partial charge is 0.322 e. The number of rotatable bonds is 3. The van der Waals surface area contributed by atoms with Crippen molar-refractivity contribution in [2.45, 2.75) is 38.1 Å². The Morgan fingerprint density at radius 2 is 1.70 bits per heavy atom. The van der Waals surface area contributed by atoms with Gasteiger partial charge >= 0.3 is 0 Å². The second-order valence-electron chi connectivity index (χ2n) is 7.00. The average molecular weight is 427 g/mol. The van der Waals surface area contributed by atoms with Crippen molar-refractivity contribution in [1.82, 2.24) is 4.90 Å². The summed E-state index contributed by atoms with van der Waals surface area (Å²) < 4.78 is 0.813. The molecule has 0 atom stereocenters. The molecule has 5 nitrogen and oxygen atoms in total. The summed E-state index contributed by atoms with van der Waals surface area (Å²) in [6, 6.07) is 12.0. The van der Waals surface area contributed by atoms with E-state index in [9.17, 15) is 14.4 Å². The molecule has 1 aliphatic carbocycles. The van der Waals surface area contributed by atoms with Gasteiger partial charge in [0.15, 0.2) is 0 Å². The van der Waals surface area contributed by atoms with Crippen LogP contribution in [0.4, 0.5) is 5.69 Å². The summed E-state index contributed by atoms with van der Waals surface area (Å²) in [7, 11) is 0. The van der Waals surface area contributed by atoms with E-state index in [1.54, 1.807) is 36.4 Å². The van der Waals surface area contributed by atoms with Crippen molar-refractivity contribution in [3.05, 3.63) is 63.6 Å². The van der Waals surface area contributed by atoms with Crippen molar-refractivity contribution in [2.24, 2.45) is 0 Å². The molecule has 2 aliphatic rings. The number of imide groups is 1. The molecular weight excluding hydrogens is 408 g/mol. The van der Waals surface area contributed by atoms with Gasteiger partial charge in [-0.3, -0.25) is 19.3 Å². The first-order valence-electron chi connectivity index (χ1n) is 9.13. The maximum atomic E-state index is 12.8. The van der Waals surface area contributed by atoms with Crippen LogP contribution < -0.4 is 5.32 Å². The standard InChI is InChI=1S/C21H19BrN2O3/c22-14-6-4-5-13(11-14)19(25)23-15-9-10-17-18(12-15)21(27)24(20(17)26)16-7-2-1-3-8-16/h4-6,9-12,16H,1-3,7-8H2,(H,23,25). The molecule has 27 heavy (non-hydrogen) atoms. The smallest absolute Gasteiger partial charge is 0.261 e. The molecule has 0 unspecified atom stereocenters. The van der Waals surface area contributed by atoms with Crippen molar-refractivity contribution in [2.75, 3.05) is 5.32 Å². The monoisotopic (exact) mass is 426 g/mol. The van der Waals surface area contributed by atoms with Gasteiger partial charge in [0.05, 0.1) is 11.1 Å². The van der Waals surface area contributed by atoms with Crippen molar-refractivity contribution < 1.29 is 14.4 Å². The average Bonchev–Trinajstić information content (AvgIpc) is 2.92. The quantitative estimate of drug-likeness (QED) is 0.727. The lowest BCUT2D eigenvalue weighted by molar-refractivity contribution is 0.0548. The second-order valence-corrected chi connectivity index (χ2v) is 7.91. The highest BCUT2D eigenvalue weighted by atomic mass is 79.9. The highest BCUT2D eigenvalue weighted by Crippen LogP contribution is 2.32. The number of hydrogen-bond donors (Lipinski definition) is 1. The molecule has 1 saturated carbocycles. The van der Waals surface area contributed by atoms with E-state index in [2.05, 4.69) is 21.2 Å². The zero-order valence-electron chi connectivity index (χ0n) is 14.7. The van der Waals surface area contributed by atoms with Gasteiger partial charge in [-0.25, -0.2) is 0 Å². The Morgan fingerprint density at radius 3 is 2.44 bits per heavy atom. The van der Waals surface area contributed by atoms with Gasteiger partial charge in [0.2, 0.25) is 0 Å². The molecule has 4 rings (SSSR count). The minimum Gasteiger partial charge on any atom is -0.322 e. The number of halogens is 1. The molecule has 3 amide bonds. The lowest BCUT2D eigenvalue weighted by atomic mass is 9.94. The van der Waals surface area contributed by atoms with E-state index in [1.165, 1.54) is 4.90 Å². The van der Waals surface area contributed by atoms with Gasteiger partial charge in [-0.05, 0) is 49.2 Å². The van der Waals surface area contributed by atoms with Crippen molar-refractivity contribution in [3.8, 4) is 0 Å². The molecule has 2 aromatic rings. The number of carbonyl (C=O) groups excluding carboxylic acids is 3. The molecule has 1 N–H and O–H groups in total. The minimum atomic E-state index is -0.267. The van der Waals surface area contributed by atoms with Crippen LogP contribution in [0.2, 0.25) is 0 Å². The molecule has 0 aromatic heterocycles. The predicted molar refractivity (Wildman–Crippen MR) is 106 cm³/mol. The maximum absolute atomic E-state index is 12.8. The number of amides is 3. The topological polar surface area (TPSA) is 66.5 Å². The fraction of sp³-hybridized carbons (Fsp3) is 0.286. The van der Waals surface area contributed by atoms with Crippen LogP contribution in [-0.2, 0) is 0 Å². The third-order valence-electron chi connectivity index (χ3n) is 5.20. The van der Waals surface area contributed by atoms with Gasteiger partial charge in [-0.1, -0.05) is 41.3 Å². The fourth-order valence-electron chi connectivity index (χ4n) is 3.84. The van der Waals surface area contributed by atoms with E-state index in [0.717, 1.165) is 36.6 Å². The number of nitrogens with one attached hydrogen (secondary N) is 1. The molecule has 1 aliphatic heterocycles. The van der Waals surface area contributed by atoms with E-state index in [1.807, 2.05) is 6.07 Å². The van der Waals surface area contributed by atoms with E-state index >= 15 is 0 Å². The number of nitrogens with zero attached hydrogens (tertiary/aromatic N) is 1. The summed E-state index contributed by atoms with van der Waals surface area (Å²) in [5.41, 5.74) is 1.81. The normalized spacial score (nSPS) is 17.1. The lowest BCUT2D eigenvalue weighted by Gasteiger charge is -2.29. The summed E-state index contributed by atoms with van der Waals surface area (Å²) >= 11 is 3.35. The Labute approximate surface area is 165 Å². The van der Waals surface area contributed by atoms with Crippen LogP contribution in [-0.4, -0.2) is 28.7 Å². The Hall–Kier alpha value is -2.47. The molecule has 0 saturated heterocycles. The molecule has 0 spiro atoms. The molecule has 0 bridgehead atoms. The number of benzene rings is 2. The summed E-state index contributed by atoms with van der Waals surface area (Å²) in [6.45, 7) is 0. The SMILES string of the molecule is O=C(Nc1ccc2c(c1)C(=O)N(C1CCCCC1)C2=O)c1cccc(Br)c1. The van der Waals surface area contributed by atoms with E-state index in [-0.39, 0.29) is 23.8 Å².